The van der Waals surface area contributed by atoms with Crippen molar-refractivity contribution in [2.24, 2.45) is 0 Å². The number of aromatic nitrogens is 6. The third kappa shape index (κ3) is 2.38. The SMILES string of the molecule is O=c1[nH]nc(-c2ccc(F)cc2)c2c1Nc1nnnn1[C@H]2c1ccccc1F. The van der Waals surface area contributed by atoms with Crippen LogP contribution in [-0.4, -0.2) is 30.4 Å². The molecule has 0 aliphatic carbocycles. The summed E-state index contributed by atoms with van der Waals surface area (Å²) in [4.78, 5) is 12.5. The summed E-state index contributed by atoms with van der Waals surface area (Å²) in [6.07, 6.45) is 0. The number of rotatable bonds is 2. The highest BCUT2D eigenvalue weighted by Crippen LogP contribution is 2.41. The first-order valence-corrected chi connectivity index (χ1v) is 8.31. The zero-order valence-corrected chi connectivity index (χ0v) is 14.1. The van der Waals surface area contributed by atoms with Gasteiger partial charge in [0, 0.05) is 16.7 Å². The molecule has 138 valence electrons. The number of halogens is 2. The molecular weight excluding hydrogens is 368 g/mol. The molecule has 0 fully saturated rings. The van der Waals surface area contributed by atoms with Gasteiger partial charge in [-0.2, -0.15) is 9.78 Å². The second-order valence-electron chi connectivity index (χ2n) is 6.19. The monoisotopic (exact) mass is 379 g/mol. The van der Waals surface area contributed by atoms with E-state index in [0.717, 1.165) is 0 Å². The number of aromatic amines is 1. The number of nitrogens with one attached hydrogen (secondary N) is 2. The fourth-order valence-electron chi connectivity index (χ4n) is 3.35. The maximum absolute atomic E-state index is 14.7. The normalized spacial score (nSPS) is 14.9. The Bertz CT molecular complexity index is 1250. The van der Waals surface area contributed by atoms with E-state index in [4.69, 9.17) is 0 Å². The van der Waals surface area contributed by atoms with Crippen molar-refractivity contribution in [3.8, 4) is 11.3 Å². The molecule has 0 spiro atoms. The lowest BCUT2D eigenvalue weighted by molar-refractivity contribution is 0.527. The molecule has 0 bridgehead atoms. The highest BCUT2D eigenvalue weighted by Gasteiger charge is 2.35. The molecule has 1 aliphatic heterocycles. The molecule has 0 amide bonds. The number of benzene rings is 2. The van der Waals surface area contributed by atoms with Gasteiger partial charge in [0.05, 0.1) is 5.69 Å². The number of hydrogen-bond acceptors (Lipinski definition) is 6. The molecule has 1 aliphatic rings. The zero-order chi connectivity index (χ0) is 19.3. The van der Waals surface area contributed by atoms with Gasteiger partial charge in [0.2, 0.25) is 5.95 Å². The second kappa shape index (κ2) is 6.05. The van der Waals surface area contributed by atoms with Crippen molar-refractivity contribution in [1.29, 1.82) is 0 Å². The van der Waals surface area contributed by atoms with Gasteiger partial charge in [-0.05, 0) is 40.8 Å². The van der Waals surface area contributed by atoms with Crippen molar-refractivity contribution in [1.82, 2.24) is 30.4 Å². The molecule has 0 unspecified atom stereocenters. The van der Waals surface area contributed by atoms with E-state index in [1.165, 1.54) is 35.0 Å². The maximum Gasteiger partial charge on any atom is 0.288 e. The Morgan fingerprint density at radius 2 is 1.82 bits per heavy atom. The predicted octanol–water partition coefficient (Wildman–Crippen LogP) is 2.40. The van der Waals surface area contributed by atoms with E-state index in [9.17, 15) is 13.6 Å². The van der Waals surface area contributed by atoms with Crippen molar-refractivity contribution >= 4 is 11.6 Å². The van der Waals surface area contributed by atoms with Crippen molar-refractivity contribution in [3.05, 3.63) is 81.6 Å². The number of anilines is 2. The quantitative estimate of drug-likeness (QED) is 0.488. The first-order chi connectivity index (χ1) is 13.6. The van der Waals surface area contributed by atoms with E-state index in [1.807, 2.05) is 0 Å². The van der Waals surface area contributed by atoms with Crippen LogP contribution < -0.4 is 10.9 Å². The molecule has 0 radical (unpaired) electrons. The summed E-state index contributed by atoms with van der Waals surface area (Å²) in [6.45, 7) is 0. The lowest BCUT2D eigenvalue weighted by Gasteiger charge is -2.28. The highest BCUT2D eigenvalue weighted by atomic mass is 19.1. The van der Waals surface area contributed by atoms with E-state index in [1.54, 1.807) is 18.2 Å². The molecular formula is C18H11F2N7O. The van der Waals surface area contributed by atoms with Crippen LogP contribution >= 0.6 is 0 Å². The van der Waals surface area contributed by atoms with Crippen LogP contribution in [0.3, 0.4) is 0 Å². The molecule has 2 aromatic heterocycles. The Kier molecular flexibility index (Phi) is 3.51. The molecule has 2 aromatic carbocycles. The summed E-state index contributed by atoms with van der Waals surface area (Å²) in [5.74, 6) is -0.691. The van der Waals surface area contributed by atoms with Crippen LogP contribution in [0, 0.1) is 11.6 Å². The predicted molar refractivity (Wildman–Crippen MR) is 95.0 cm³/mol. The van der Waals surface area contributed by atoms with Crippen LogP contribution in [0.2, 0.25) is 0 Å². The first kappa shape index (κ1) is 16.2. The van der Waals surface area contributed by atoms with Crippen LogP contribution in [0.5, 0.6) is 0 Å². The third-order valence-corrected chi connectivity index (χ3v) is 4.59. The fourth-order valence-corrected chi connectivity index (χ4v) is 3.35. The molecule has 28 heavy (non-hydrogen) atoms. The summed E-state index contributed by atoms with van der Waals surface area (Å²) >= 11 is 0. The lowest BCUT2D eigenvalue weighted by atomic mass is 9.92. The molecule has 1 atom stereocenters. The highest BCUT2D eigenvalue weighted by molar-refractivity contribution is 5.75. The summed E-state index contributed by atoms with van der Waals surface area (Å²) in [5, 5.41) is 20.9. The summed E-state index contributed by atoms with van der Waals surface area (Å²) < 4.78 is 29.5. The molecule has 0 saturated heterocycles. The summed E-state index contributed by atoms with van der Waals surface area (Å²) in [5.41, 5.74) is 1.22. The molecule has 8 nitrogen and oxygen atoms in total. The van der Waals surface area contributed by atoms with Crippen LogP contribution in [0.1, 0.15) is 17.2 Å². The van der Waals surface area contributed by atoms with Crippen LogP contribution in [0.25, 0.3) is 11.3 Å². The van der Waals surface area contributed by atoms with Gasteiger partial charge in [0.15, 0.2) is 0 Å². The van der Waals surface area contributed by atoms with Gasteiger partial charge in [0.1, 0.15) is 23.4 Å². The Morgan fingerprint density at radius 3 is 2.61 bits per heavy atom. The number of hydrogen-bond donors (Lipinski definition) is 2. The van der Waals surface area contributed by atoms with Gasteiger partial charge in [-0.15, -0.1) is 0 Å². The second-order valence-corrected chi connectivity index (χ2v) is 6.19. The van der Waals surface area contributed by atoms with Gasteiger partial charge in [-0.1, -0.05) is 23.3 Å². The van der Waals surface area contributed by atoms with Crippen LogP contribution in [-0.2, 0) is 0 Å². The summed E-state index contributed by atoms with van der Waals surface area (Å²) in [7, 11) is 0. The van der Waals surface area contributed by atoms with Gasteiger partial charge in [-0.3, -0.25) is 4.79 Å². The van der Waals surface area contributed by atoms with Crippen molar-refractivity contribution in [2.45, 2.75) is 6.04 Å². The van der Waals surface area contributed by atoms with E-state index in [0.29, 0.717) is 16.8 Å². The van der Waals surface area contributed by atoms with E-state index in [2.05, 4.69) is 31.0 Å². The number of fused-ring (bicyclic) bond motifs is 2. The van der Waals surface area contributed by atoms with Gasteiger partial charge in [-0.25, -0.2) is 13.9 Å². The Labute approximate surface area is 155 Å². The smallest absolute Gasteiger partial charge is 0.288 e. The average molecular weight is 379 g/mol. The molecule has 0 saturated carbocycles. The first-order valence-electron chi connectivity index (χ1n) is 8.31. The standard InChI is InChI=1S/C18H11F2N7O/c19-10-7-5-9(6-8-10)14-13-15(17(28)23-22-14)21-18-24-25-26-27(18)16(13)11-3-1-2-4-12(11)20/h1-8,16H,(H,23,28)(H,21,24,26)/t16-/m0/s1. The minimum atomic E-state index is -0.836. The van der Waals surface area contributed by atoms with E-state index >= 15 is 0 Å². The minimum Gasteiger partial charge on any atom is -0.318 e. The van der Waals surface area contributed by atoms with Crippen molar-refractivity contribution in [2.75, 3.05) is 5.32 Å². The fraction of sp³-hybridized carbons (Fsp3) is 0.0556. The molecule has 10 heteroatoms. The molecule has 3 heterocycles. The molecule has 2 N–H and O–H groups in total. The van der Waals surface area contributed by atoms with Gasteiger partial charge < -0.3 is 5.32 Å². The van der Waals surface area contributed by atoms with Gasteiger partial charge in [0.25, 0.3) is 5.56 Å². The molecule has 5 rings (SSSR count). The number of H-pyrrole nitrogens is 1. The maximum atomic E-state index is 14.7. The molecule has 4 aromatic rings. The Hall–Kier alpha value is -3.95. The van der Waals surface area contributed by atoms with Crippen LogP contribution in [0.15, 0.2) is 53.3 Å². The average Bonchev–Trinajstić information content (AvgIpc) is 3.17. The van der Waals surface area contributed by atoms with Crippen molar-refractivity contribution in [3.63, 3.8) is 0 Å². The Balaban J connectivity index is 1.84. The van der Waals surface area contributed by atoms with Gasteiger partial charge >= 0.3 is 0 Å². The lowest BCUT2D eigenvalue weighted by Crippen LogP contribution is -2.29. The largest absolute Gasteiger partial charge is 0.318 e. The Morgan fingerprint density at radius 1 is 1.04 bits per heavy atom. The summed E-state index contributed by atoms with van der Waals surface area (Å²) in [6, 6.07) is 11.0. The number of tetrazole rings is 1. The van der Waals surface area contributed by atoms with E-state index in [-0.39, 0.29) is 17.2 Å². The van der Waals surface area contributed by atoms with E-state index < -0.39 is 23.2 Å². The minimum absolute atomic E-state index is 0.157. The zero-order valence-electron chi connectivity index (χ0n) is 14.1. The van der Waals surface area contributed by atoms with Crippen LogP contribution in [0.4, 0.5) is 20.4 Å². The third-order valence-electron chi connectivity index (χ3n) is 4.59. The van der Waals surface area contributed by atoms with Crippen molar-refractivity contribution < 1.29 is 8.78 Å². The number of nitrogens with zero attached hydrogens (tertiary/aromatic N) is 5. The topological polar surface area (TPSA) is 101 Å².